The zero-order valence-corrected chi connectivity index (χ0v) is 18.0. The Morgan fingerprint density at radius 3 is 2.16 bits per heavy atom. The number of ketones is 1. The monoisotopic (exact) mass is 450 g/mol. The molecule has 1 unspecified atom stereocenters. The summed E-state index contributed by atoms with van der Waals surface area (Å²) in [5, 5.41) is 10.5. The second-order valence-electron chi connectivity index (χ2n) is 7.68. The molecule has 32 heavy (non-hydrogen) atoms. The van der Waals surface area contributed by atoms with E-state index in [4.69, 9.17) is 0 Å². The number of hydrogen-bond donors (Lipinski definition) is 2. The maximum Gasteiger partial charge on any atom is 0.326 e. The molecule has 2 N–H and O–H groups in total. The van der Waals surface area contributed by atoms with Gasteiger partial charge in [-0.1, -0.05) is 66.7 Å². The van der Waals surface area contributed by atoms with Crippen LogP contribution >= 0.6 is 0 Å². The quantitative estimate of drug-likeness (QED) is 0.539. The van der Waals surface area contributed by atoms with E-state index in [1.807, 2.05) is 53.3 Å². The van der Waals surface area contributed by atoms with Crippen molar-refractivity contribution in [2.24, 2.45) is 5.92 Å². The van der Waals surface area contributed by atoms with Gasteiger partial charge in [-0.05, 0) is 36.1 Å². The van der Waals surface area contributed by atoms with Crippen molar-refractivity contribution in [2.45, 2.75) is 12.8 Å². The Kier molecular flexibility index (Phi) is 5.96. The highest BCUT2D eigenvalue weighted by atomic mass is 32.2. The van der Waals surface area contributed by atoms with Crippen LogP contribution in [0, 0.1) is 5.92 Å². The number of hydrogen-bond acceptors (Lipinski definition) is 5. The SMILES string of the molecule is O=C1CN(c2ccc(CC(Cc3ccccc3)C(=O)c3ccccc3)cc2O)S(=O)(=O)N1. The van der Waals surface area contributed by atoms with Crippen LogP contribution in [0.15, 0.2) is 78.9 Å². The molecule has 3 aromatic rings. The maximum absolute atomic E-state index is 13.2. The number of nitrogens with one attached hydrogen (secondary N) is 1. The van der Waals surface area contributed by atoms with Gasteiger partial charge in [0.1, 0.15) is 12.3 Å². The Balaban J connectivity index is 1.61. The van der Waals surface area contributed by atoms with Crippen LogP contribution in [0.5, 0.6) is 5.75 Å². The van der Waals surface area contributed by atoms with Crippen molar-refractivity contribution >= 4 is 27.6 Å². The fraction of sp³-hybridized carbons (Fsp3) is 0.167. The van der Waals surface area contributed by atoms with Crippen molar-refractivity contribution in [3.8, 4) is 5.75 Å². The highest BCUT2D eigenvalue weighted by molar-refractivity contribution is 7.92. The van der Waals surface area contributed by atoms with Gasteiger partial charge in [-0.25, -0.2) is 9.03 Å². The number of nitrogens with zero attached hydrogens (tertiary/aromatic N) is 1. The van der Waals surface area contributed by atoms with Gasteiger partial charge >= 0.3 is 10.2 Å². The van der Waals surface area contributed by atoms with Crippen LogP contribution in [0.25, 0.3) is 0 Å². The molecule has 1 heterocycles. The van der Waals surface area contributed by atoms with Gasteiger partial charge in [-0.15, -0.1) is 0 Å². The summed E-state index contributed by atoms with van der Waals surface area (Å²) in [5.41, 5.74) is 2.34. The highest BCUT2D eigenvalue weighted by Crippen LogP contribution is 2.32. The van der Waals surface area contributed by atoms with Crippen LogP contribution in [0.1, 0.15) is 21.5 Å². The fourth-order valence-electron chi connectivity index (χ4n) is 3.85. The molecule has 4 rings (SSSR count). The smallest absolute Gasteiger partial charge is 0.326 e. The van der Waals surface area contributed by atoms with Crippen molar-refractivity contribution in [1.29, 1.82) is 0 Å². The van der Waals surface area contributed by atoms with Crippen LogP contribution in [0.3, 0.4) is 0 Å². The average molecular weight is 451 g/mol. The van der Waals surface area contributed by atoms with E-state index >= 15 is 0 Å². The number of anilines is 1. The minimum atomic E-state index is -4.02. The standard InChI is InChI=1S/C24H22N2O5S/c27-22-15-18(11-12-21(22)26-16-23(28)25-32(26,30)31)14-20(13-17-7-3-1-4-8-17)24(29)19-9-5-2-6-10-19/h1-12,15,20,27H,13-14,16H2,(H,25,28). The lowest BCUT2D eigenvalue weighted by Crippen LogP contribution is -2.29. The Morgan fingerprint density at radius 1 is 0.938 bits per heavy atom. The summed E-state index contributed by atoms with van der Waals surface area (Å²) in [4.78, 5) is 24.7. The third kappa shape index (κ3) is 4.65. The van der Waals surface area contributed by atoms with E-state index in [0.717, 1.165) is 9.87 Å². The molecule has 3 aromatic carbocycles. The lowest BCUT2D eigenvalue weighted by Gasteiger charge is -2.19. The molecule has 1 atom stereocenters. The van der Waals surface area contributed by atoms with Crippen molar-refractivity contribution in [1.82, 2.24) is 4.72 Å². The first kappa shape index (κ1) is 21.6. The summed E-state index contributed by atoms with van der Waals surface area (Å²) in [5.74, 6) is -1.31. The summed E-state index contributed by atoms with van der Waals surface area (Å²) in [6, 6.07) is 23.3. The fourth-order valence-corrected chi connectivity index (χ4v) is 5.01. The number of phenolic OH excluding ortho intramolecular Hbond substituents is 1. The normalized spacial score (nSPS) is 15.9. The first-order chi connectivity index (χ1) is 15.3. The van der Waals surface area contributed by atoms with E-state index in [-0.39, 0.29) is 23.1 Å². The molecule has 0 radical (unpaired) electrons. The van der Waals surface area contributed by atoms with Crippen molar-refractivity contribution in [2.75, 3.05) is 10.8 Å². The molecule has 1 saturated heterocycles. The lowest BCUT2D eigenvalue weighted by atomic mass is 9.86. The molecule has 0 spiro atoms. The molecule has 1 aliphatic rings. The van der Waals surface area contributed by atoms with E-state index < -0.39 is 22.7 Å². The van der Waals surface area contributed by atoms with Crippen LogP contribution in [0.4, 0.5) is 5.69 Å². The summed E-state index contributed by atoms with van der Waals surface area (Å²) in [6.45, 7) is -0.391. The predicted octanol–water partition coefficient (Wildman–Crippen LogP) is 2.86. The first-order valence-electron chi connectivity index (χ1n) is 10.1. The van der Waals surface area contributed by atoms with Gasteiger partial charge in [0.2, 0.25) is 0 Å². The molecule has 0 bridgehead atoms. The molecular formula is C24H22N2O5S. The van der Waals surface area contributed by atoms with Crippen LogP contribution in [0.2, 0.25) is 0 Å². The number of Topliss-reactive ketones (excluding diaryl/α,β-unsaturated/α-hetero) is 1. The molecule has 7 nitrogen and oxygen atoms in total. The summed E-state index contributed by atoms with van der Waals surface area (Å²) in [6.07, 6.45) is 0.885. The van der Waals surface area contributed by atoms with E-state index in [9.17, 15) is 23.1 Å². The van der Waals surface area contributed by atoms with E-state index in [0.29, 0.717) is 24.0 Å². The molecule has 0 saturated carbocycles. The second kappa shape index (κ2) is 8.84. The summed E-state index contributed by atoms with van der Waals surface area (Å²) in [7, 11) is -4.02. The Labute approximate surface area is 186 Å². The third-order valence-electron chi connectivity index (χ3n) is 5.36. The van der Waals surface area contributed by atoms with Crippen LogP contribution in [-0.2, 0) is 27.8 Å². The highest BCUT2D eigenvalue weighted by Gasteiger charge is 2.35. The van der Waals surface area contributed by atoms with Gasteiger partial charge in [-0.2, -0.15) is 8.42 Å². The van der Waals surface area contributed by atoms with Gasteiger partial charge in [0, 0.05) is 11.5 Å². The number of carbonyl (C=O) groups is 2. The Hall–Kier alpha value is -3.65. The van der Waals surface area contributed by atoms with Gasteiger partial charge in [0.15, 0.2) is 5.78 Å². The zero-order chi connectivity index (χ0) is 22.7. The van der Waals surface area contributed by atoms with Gasteiger partial charge in [0.05, 0.1) is 5.69 Å². The molecule has 164 valence electrons. The molecule has 0 aliphatic carbocycles. The third-order valence-corrected chi connectivity index (χ3v) is 6.76. The van der Waals surface area contributed by atoms with E-state index in [1.165, 1.54) is 12.1 Å². The first-order valence-corrected chi connectivity index (χ1v) is 11.6. The molecule has 0 aromatic heterocycles. The number of amides is 1. The molecular weight excluding hydrogens is 428 g/mol. The Bertz CT molecular complexity index is 1240. The minimum absolute atomic E-state index is 0.00469. The summed E-state index contributed by atoms with van der Waals surface area (Å²) >= 11 is 0. The molecule has 8 heteroatoms. The van der Waals surface area contributed by atoms with Gasteiger partial charge < -0.3 is 5.11 Å². The number of phenols is 1. The molecule has 1 amide bonds. The number of rotatable bonds is 7. The molecule has 1 aliphatic heterocycles. The topological polar surface area (TPSA) is 104 Å². The maximum atomic E-state index is 13.2. The van der Waals surface area contributed by atoms with Crippen LogP contribution in [-0.4, -0.2) is 31.8 Å². The number of carbonyl (C=O) groups excluding carboxylic acids is 2. The van der Waals surface area contributed by atoms with E-state index in [1.54, 1.807) is 18.2 Å². The minimum Gasteiger partial charge on any atom is -0.506 e. The van der Waals surface area contributed by atoms with Crippen molar-refractivity contribution < 1.29 is 23.1 Å². The summed E-state index contributed by atoms with van der Waals surface area (Å²) < 4.78 is 26.9. The van der Waals surface area contributed by atoms with Gasteiger partial charge in [-0.3, -0.25) is 9.59 Å². The average Bonchev–Trinajstić information content (AvgIpc) is 3.06. The molecule has 1 fully saturated rings. The van der Waals surface area contributed by atoms with Crippen LogP contribution < -0.4 is 9.03 Å². The predicted molar refractivity (Wildman–Crippen MR) is 121 cm³/mol. The largest absolute Gasteiger partial charge is 0.506 e. The Morgan fingerprint density at radius 2 is 1.56 bits per heavy atom. The zero-order valence-electron chi connectivity index (χ0n) is 17.1. The van der Waals surface area contributed by atoms with Crippen molar-refractivity contribution in [3.63, 3.8) is 0 Å². The second-order valence-corrected chi connectivity index (χ2v) is 9.28. The number of aromatic hydroxyl groups is 1. The van der Waals surface area contributed by atoms with E-state index in [2.05, 4.69) is 0 Å². The van der Waals surface area contributed by atoms with Crippen molar-refractivity contribution in [3.05, 3.63) is 95.6 Å². The lowest BCUT2D eigenvalue weighted by molar-refractivity contribution is -0.117. The van der Waals surface area contributed by atoms with Gasteiger partial charge in [0.25, 0.3) is 5.91 Å². The number of benzene rings is 3.